The van der Waals surface area contributed by atoms with Crippen LogP contribution >= 0.6 is 11.6 Å². The molecule has 0 atom stereocenters. The maximum Gasteiger partial charge on any atom is 0.433 e. The van der Waals surface area contributed by atoms with E-state index < -0.39 is 16.8 Å². The number of rotatable bonds is 5. The summed E-state index contributed by atoms with van der Waals surface area (Å²) in [7, 11) is 0. The Morgan fingerprint density at radius 2 is 1.96 bits per heavy atom. The number of hydrogen-bond acceptors (Lipinski definition) is 7. The lowest BCUT2D eigenvalue weighted by molar-refractivity contribution is -0.402. The van der Waals surface area contributed by atoms with E-state index in [0.29, 0.717) is 10.8 Å². The predicted octanol–water partition coefficient (Wildman–Crippen LogP) is 3.85. The predicted molar refractivity (Wildman–Crippen MR) is 81.4 cm³/mol. The van der Waals surface area contributed by atoms with Gasteiger partial charge in [-0.05, 0) is 30.3 Å². The lowest BCUT2D eigenvalue weighted by Crippen LogP contribution is -2.04. The number of nitro groups is 1. The van der Waals surface area contributed by atoms with Gasteiger partial charge < -0.3 is 13.6 Å². The zero-order chi connectivity index (χ0) is 17.1. The second-order valence-electron chi connectivity index (χ2n) is 4.60. The van der Waals surface area contributed by atoms with Crippen molar-refractivity contribution in [2.45, 2.75) is 6.61 Å². The van der Waals surface area contributed by atoms with Crippen molar-refractivity contribution in [1.82, 2.24) is 4.98 Å². The van der Waals surface area contributed by atoms with Gasteiger partial charge in [-0.25, -0.2) is 9.78 Å². The van der Waals surface area contributed by atoms with Crippen molar-refractivity contribution in [3.63, 3.8) is 0 Å². The molecule has 0 N–H and O–H groups in total. The minimum absolute atomic E-state index is 0.175. The van der Waals surface area contributed by atoms with Crippen LogP contribution in [0.15, 0.2) is 51.4 Å². The maximum absolute atomic E-state index is 11.7. The maximum atomic E-state index is 11.7. The van der Waals surface area contributed by atoms with E-state index in [-0.39, 0.29) is 18.3 Å². The molecule has 0 aliphatic carbocycles. The van der Waals surface area contributed by atoms with Crippen molar-refractivity contribution < 1.29 is 23.3 Å². The van der Waals surface area contributed by atoms with Gasteiger partial charge in [0.1, 0.15) is 4.92 Å². The number of furan rings is 1. The summed E-state index contributed by atoms with van der Waals surface area (Å²) in [6, 6.07) is 9.18. The fourth-order valence-corrected chi connectivity index (χ4v) is 1.98. The van der Waals surface area contributed by atoms with E-state index in [9.17, 15) is 14.9 Å². The lowest BCUT2D eigenvalue weighted by Gasteiger charge is -1.99. The molecule has 3 rings (SSSR count). The molecule has 0 amide bonds. The van der Waals surface area contributed by atoms with Crippen LogP contribution < -0.4 is 0 Å². The van der Waals surface area contributed by atoms with Gasteiger partial charge >= 0.3 is 11.9 Å². The Balaban J connectivity index is 1.63. The van der Waals surface area contributed by atoms with Crippen LogP contribution in [0.4, 0.5) is 5.88 Å². The van der Waals surface area contributed by atoms with Crippen LogP contribution in [-0.4, -0.2) is 15.9 Å². The van der Waals surface area contributed by atoms with Crippen molar-refractivity contribution >= 4 is 23.5 Å². The highest BCUT2D eigenvalue weighted by Crippen LogP contribution is 2.23. The number of nitrogens with zero attached hydrogens (tertiary/aromatic N) is 2. The quantitative estimate of drug-likeness (QED) is 0.391. The average Bonchev–Trinajstić information content (AvgIpc) is 3.23. The molecule has 0 radical (unpaired) electrons. The Bertz CT molecular complexity index is 884. The van der Waals surface area contributed by atoms with Crippen LogP contribution in [0.1, 0.15) is 16.4 Å². The van der Waals surface area contributed by atoms with E-state index in [0.717, 1.165) is 17.7 Å². The highest BCUT2D eigenvalue weighted by Gasteiger charge is 2.19. The van der Waals surface area contributed by atoms with E-state index in [4.69, 9.17) is 25.2 Å². The first-order valence-electron chi connectivity index (χ1n) is 6.65. The molecule has 2 aromatic heterocycles. The summed E-state index contributed by atoms with van der Waals surface area (Å²) in [6.45, 7) is -0.235. The first kappa shape index (κ1) is 15.8. The fraction of sp³-hybridized carbons (Fsp3) is 0.0667. The molecule has 0 saturated carbocycles. The van der Waals surface area contributed by atoms with Crippen molar-refractivity contribution in [3.05, 3.63) is 69.4 Å². The highest BCUT2D eigenvalue weighted by molar-refractivity contribution is 6.30. The number of oxazole rings is 1. The molecule has 0 fully saturated rings. The third kappa shape index (κ3) is 3.44. The van der Waals surface area contributed by atoms with Gasteiger partial charge in [-0.1, -0.05) is 11.6 Å². The van der Waals surface area contributed by atoms with Gasteiger partial charge in [0.25, 0.3) is 0 Å². The Labute approximate surface area is 139 Å². The number of esters is 1. The standard InChI is InChI=1S/C15H9ClN2O6/c16-10-3-1-9(2-4-10)12-7-17-13(23-12)8-22-15(19)11-5-6-14(24-11)18(20)21/h1-7H,8H2. The summed E-state index contributed by atoms with van der Waals surface area (Å²) in [6.07, 6.45) is 1.49. The van der Waals surface area contributed by atoms with Gasteiger partial charge in [-0.3, -0.25) is 10.1 Å². The van der Waals surface area contributed by atoms with Gasteiger partial charge in [0.15, 0.2) is 12.4 Å². The van der Waals surface area contributed by atoms with Crippen LogP contribution in [0, 0.1) is 10.1 Å². The number of benzene rings is 1. The smallest absolute Gasteiger partial charge is 0.433 e. The molecule has 0 saturated heterocycles. The zero-order valence-electron chi connectivity index (χ0n) is 12.0. The molecule has 1 aromatic carbocycles. The minimum atomic E-state index is -0.852. The molecule has 0 aliphatic heterocycles. The number of aromatic nitrogens is 1. The van der Waals surface area contributed by atoms with E-state index >= 15 is 0 Å². The van der Waals surface area contributed by atoms with E-state index in [2.05, 4.69) is 4.98 Å². The third-order valence-electron chi connectivity index (χ3n) is 2.98. The van der Waals surface area contributed by atoms with Gasteiger partial charge in [-0.15, -0.1) is 0 Å². The van der Waals surface area contributed by atoms with Gasteiger partial charge in [0, 0.05) is 10.6 Å². The van der Waals surface area contributed by atoms with Crippen molar-refractivity contribution in [3.8, 4) is 11.3 Å². The molecular weight excluding hydrogens is 340 g/mol. The summed E-state index contributed by atoms with van der Waals surface area (Å²) in [5.74, 6) is -0.996. The molecule has 0 bridgehead atoms. The number of ether oxygens (including phenoxy) is 1. The van der Waals surface area contributed by atoms with Crippen LogP contribution in [0.3, 0.4) is 0 Å². The molecule has 24 heavy (non-hydrogen) atoms. The molecule has 8 nitrogen and oxygen atoms in total. The second kappa shape index (κ2) is 6.55. The van der Waals surface area contributed by atoms with Gasteiger partial charge in [-0.2, -0.15) is 0 Å². The molecular formula is C15H9ClN2O6. The zero-order valence-corrected chi connectivity index (χ0v) is 12.7. The van der Waals surface area contributed by atoms with E-state index in [1.54, 1.807) is 24.3 Å². The molecule has 0 aliphatic rings. The van der Waals surface area contributed by atoms with Gasteiger partial charge in [0.05, 0.1) is 12.3 Å². The Hall–Kier alpha value is -3.13. The molecule has 2 heterocycles. The number of carbonyl (C=O) groups excluding carboxylic acids is 1. The summed E-state index contributed by atoms with van der Waals surface area (Å²) in [5.41, 5.74) is 0.770. The van der Waals surface area contributed by atoms with Crippen molar-refractivity contribution in [2.75, 3.05) is 0 Å². The SMILES string of the molecule is O=C(OCc1ncc(-c2ccc(Cl)cc2)o1)c1ccc([N+](=O)[O-])o1. The first-order valence-corrected chi connectivity index (χ1v) is 7.03. The Morgan fingerprint density at radius 1 is 1.21 bits per heavy atom. The topological polar surface area (TPSA) is 109 Å². The number of halogens is 1. The molecule has 0 spiro atoms. The van der Waals surface area contributed by atoms with E-state index in [1.165, 1.54) is 6.20 Å². The number of hydrogen-bond donors (Lipinski definition) is 0. The van der Waals surface area contributed by atoms with Crippen LogP contribution in [0.25, 0.3) is 11.3 Å². The Morgan fingerprint density at radius 3 is 2.62 bits per heavy atom. The molecule has 0 unspecified atom stereocenters. The third-order valence-corrected chi connectivity index (χ3v) is 3.23. The second-order valence-corrected chi connectivity index (χ2v) is 5.03. The number of carbonyl (C=O) groups is 1. The highest BCUT2D eigenvalue weighted by atomic mass is 35.5. The largest absolute Gasteiger partial charge is 0.450 e. The van der Waals surface area contributed by atoms with Crippen LogP contribution in [-0.2, 0) is 11.3 Å². The van der Waals surface area contributed by atoms with Crippen LogP contribution in [0.5, 0.6) is 0 Å². The first-order chi connectivity index (χ1) is 11.5. The van der Waals surface area contributed by atoms with Crippen molar-refractivity contribution in [1.29, 1.82) is 0 Å². The molecule has 3 aromatic rings. The average molecular weight is 349 g/mol. The summed E-state index contributed by atoms with van der Waals surface area (Å²) < 4.78 is 15.2. The normalized spacial score (nSPS) is 10.5. The lowest BCUT2D eigenvalue weighted by atomic mass is 10.2. The molecule has 9 heteroatoms. The summed E-state index contributed by atoms with van der Waals surface area (Å²) in [4.78, 5) is 25.5. The van der Waals surface area contributed by atoms with E-state index in [1.807, 2.05) is 0 Å². The monoisotopic (exact) mass is 348 g/mol. The van der Waals surface area contributed by atoms with Crippen molar-refractivity contribution in [2.24, 2.45) is 0 Å². The van der Waals surface area contributed by atoms with Gasteiger partial charge in [0.2, 0.25) is 11.7 Å². The molecule has 122 valence electrons. The summed E-state index contributed by atoms with van der Waals surface area (Å²) in [5, 5.41) is 11.1. The summed E-state index contributed by atoms with van der Waals surface area (Å²) >= 11 is 5.81. The van der Waals surface area contributed by atoms with Crippen LogP contribution in [0.2, 0.25) is 5.02 Å². The fourth-order valence-electron chi connectivity index (χ4n) is 1.86. The Kier molecular flexibility index (Phi) is 4.30. The minimum Gasteiger partial charge on any atom is -0.450 e.